The zero-order valence-corrected chi connectivity index (χ0v) is 20.4. The second-order valence-electron chi connectivity index (χ2n) is 7.92. The molecule has 0 radical (unpaired) electrons. The van der Waals surface area contributed by atoms with Crippen LogP contribution in [0.5, 0.6) is 0 Å². The largest absolute Gasteiger partial charge is 0.275 e. The summed E-state index contributed by atoms with van der Waals surface area (Å²) < 4.78 is 31.6. The first-order valence-corrected chi connectivity index (χ1v) is 13.2. The molecule has 2 aromatic heterocycles. The quantitative estimate of drug-likeness (QED) is 0.325. The van der Waals surface area contributed by atoms with E-state index >= 15 is 0 Å². The second-order valence-corrected chi connectivity index (χ2v) is 10.5. The molecule has 0 saturated heterocycles. The number of hydrogen-bond acceptors (Lipinski definition) is 5. The second kappa shape index (κ2) is 9.32. The van der Waals surface area contributed by atoms with Gasteiger partial charge in [-0.25, -0.2) is 17.8 Å². The molecule has 0 fully saturated rings. The first-order chi connectivity index (χ1) is 16.9. The molecule has 1 amide bonds. The summed E-state index contributed by atoms with van der Waals surface area (Å²) in [4.78, 5) is 13.1. The molecule has 8 heteroatoms. The SMILES string of the molecule is Cc1ccc(-c2c(S(=O)(=O)NC(=O)c3cccs3)c(-c3ccccc3)nn2-c2ccccc2)cc1. The van der Waals surface area contributed by atoms with E-state index in [2.05, 4.69) is 4.72 Å². The topological polar surface area (TPSA) is 81.1 Å². The third-order valence-electron chi connectivity index (χ3n) is 5.46. The Morgan fingerprint density at radius 2 is 1.49 bits per heavy atom. The summed E-state index contributed by atoms with van der Waals surface area (Å²) in [5, 5.41) is 6.50. The smallest absolute Gasteiger partial charge is 0.267 e. The Morgan fingerprint density at radius 1 is 0.829 bits per heavy atom. The van der Waals surface area contributed by atoms with E-state index in [1.807, 2.05) is 79.7 Å². The van der Waals surface area contributed by atoms with Gasteiger partial charge in [0.25, 0.3) is 15.9 Å². The van der Waals surface area contributed by atoms with Crippen molar-refractivity contribution in [1.29, 1.82) is 0 Å². The summed E-state index contributed by atoms with van der Waals surface area (Å²) in [6.45, 7) is 1.96. The summed E-state index contributed by atoms with van der Waals surface area (Å²) in [6, 6.07) is 29.3. The van der Waals surface area contributed by atoms with Crippen molar-refractivity contribution in [2.45, 2.75) is 11.8 Å². The van der Waals surface area contributed by atoms with E-state index in [0.717, 1.165) is 5.56 Å². The van der Waals surface area contributed by atoms with Crippen molar-refractivity contribution in [3.8, 4) is 28.2 Å². The van der Waals surface area contributed by atoms with Gasteiger partial charge >= 0.3 is 0 Å². The minimum Gasteiger partial charge on any atom is -0.267 e. The maximum Gasteiger partial charge on any atom is 0.275 e. The van der Waals surface area contributed by atoms with E-state index in [1.165, 1.54) is 11.3 Å². The van der Waals surface area contributed by atoms with E-state index in [1.54, 1.807) is 34.3 Å². The molecule has 0 atom stereocenters. The van der Waals surface area contributed by atoms with Crippen molar-refractivity contribution in [2.75, 3.05) is 0 Å². The Balaban J connectivity index is 1.80. The minimum atomic E-state index is -4.32. The summed E-state index contributed by atoms with van der Waals surface area (Å²) in [6.07, 6.45) is 0. The molecule has 0 aliphatic rings. The van der Waals surface area contributed by atoms with Crippen LogP contribution in [-0.2, 0) is 10.0 Å². The number of nitrogens with zero attached hydrogens (tertiary/aromatic N) is 2. The van der Waals surface area contributed by atoms with Crippen LogP contribution in [0.4, 0.5) is 0 Å². The molecular weight excluding hydrogens is 478 g/mol. The van der Waals surface area contributed by atoms with Crippen molar-refractivity contribution in [3.05, 3.63) is 113 Å². The number of hydrogen-bond donors (Lipinski definition) is 1. The average Bonchev–Trinajstić information content (AvgIpc) is 3.55. The third kappa shape index (κ3) is 4.53. The molecule has 0 aliphatic heterocycles. The summed E-state index contributed by atoms with van der Waals surface area (Å²) >= 11 is 1.17. The van der Waals surface area contributed by atoms with Crippen LogP contribution in [0.1, 0.15) is 15.2 Å². The number of amides is 1. The van der Waals surface area contributed by atoms with Gasteiger partial charge in [-0.05, 0) is 30.5 Å². The Bertz CT molecular complexity index is 1580. The molecule has 0 spiro atoms. The van der Waals surface area contributed by atoms with Crippen LogP contribution >= 0.6 is 11.3 Å². The number of aromatic nitrogens is 2. The van der Waals surface area contributed by atoms with Gasteiger partial charge in [-0.3, -0.25) is 4.79 Å². The Morgan fingerprint density at radius 3 is 2.11 bits per heavy atom. The maximum absolute atomic E-state index is 13.9. The Kier molecular flexibility index (Phi) is 6.07. The maximum atomic E-state index is 13.9. The minimum absolute atomic E-state index is 0.0543. The fraction of sp³-hybridized carbons (Fsp3) is 0.0370. The van der Waals surface area contributed by atoms with Crippen LogP contribution in [-0.4, -0.2) is 24.1 Å². The van der Waals surface area contributed by atoms with Crippen LogP contribution in [0.2, 0.25) is 0 Å². The van der Waals surface area contributed by atoms with E-state index in [4.69, 9.17) is 5.10 Å². The number of aryl methyl sites for hydroxylation is 1. The molecule has 5 rings (SSSR count). The van der Waals surface area contributed by atoms with Gasteiger partial charge in [0.2, 0.25) is 0 Å². The third-order valence-corrected chi connectivity index (χ3v) is 7.70. The molecule has 174 valence electrons. The van der Waals surface area contributed by atoms with Gasteiger partial charge in [0.05, 0.1) is 16.3 Å². The molecule has 0 aliphatic carbocycles. The zero-order chi connectivity index (χ0) is 24.4. The summed E-state index contributed by atoms with van der Waals surface area (Å²) in [5.41, 5.74) is 3.67. The van der Waals surface area contributed by atoms with Crippen LogP contribution < -0.4 is 4.72 Å². The van der Waals surface area contributed by atoms with Crippen molar-refractivity contribution < 1.29 is 13.2 Å². The predicted octanol–water partition coefficient (Wildman–Crippen LogP) is 5.69. The van der Waals surface area contributed by atoms with Crippen molar-refractivity contribution in [2.24, 2.45) is 0 Å². The van der Waals surface area contributed by atoms with Crippen LogP contribution in [0.15, 0.2) is 107 Å². The van der Waals surface area contributed by atoms with Crippen molar-refractivity contribution in [3.63, 3.8) is 0 Å². The van der Waals surface area contributed by atoms with E-state index < -0.39 is 15.9 Å². The van der Waals surface area contributed by atoms with E-state index in [-0.39, 0.29) is 10.6 Å². The number of nitrogens with one attached hydrogen (secondary N) is 1. The number of rotatable bonds is 6. The predicted molar refractivity (Wildman–Crippen MR) is 138 cm³/mol. The van der Waals surface area contributed by atoms with Crippen molar-refractivity contribution in [1.82, 2.24) is 14.5 Å². The van der Waals surface area contributed by atoms with Gasteiger partial charge < -0.3 is 0 Å². The van der Waals surface area contributed by atoms with Crippen LogP contribution in [0.25, 0.3) is 28.2 Å². The molecule has 1 N–H and O–H groups in total. The van der Waals surface area contributed by atoms with Crippen LogP contribution in [0, 0.1) is 6.92 Å². The normalized spacial score (nSPS) is 11.3. The van der Waals surface area contributed by atoms with E-state index in [0.29, 0.717) is 27.4 Å². The fourth-order valence-electron chi connectivity index (χ4n) is 3.80. The van der Waals surface area contributed by atoms with Gasteiger partial charge in [0.1, 0.15) is 10.6 Å². The molecular formula is C27H21N3O3S2. The number of benzene rings is 3. The highest BCUT2D eigenvalue weighted by Gasteiger charge is 2.32. The van der Waals surface area contributed by atoms with Crippen LogP contribution in [0.3, 0.4) is 0 Å². The van der Waals surface area contributed by atoms with Gasteiger partial charge in [0, 0.05) is 11.1 Å². The van der Waals surface area contributed by atoms with Gasteiger partial charge in [-0.1, -0.05) is 84.4 Å². The number of sulfonamides is 1. The molecule has 3 aromatic carbocycles. The van der Waals surface area contributed by atoms with E-state index in [9.17, 15) is 13.2 Å². The fourth-order valence-corrected chi connectivity index (χ4v) is 5.81. The Hall–Kier alpha value is -4.01. The Labute approximate surface area is 207 Å². The first kappa shape index (κ1) is 22.8. The summed E-state index contributed by atoms with van der Waals surface area (Å²) in [7, 11) is -4.32. The van der Waals surface area contributed by atoms with Crippen molar-refractivity contribution >= 4 is 27.3 Å². The number of thiophene rings is 1. The highest BCUT2D eigenvalue weighted by molar-refractivity contribution is 7.90. The first-order valence-electron chi connectivity index (χ1n) is 10.9. The lowest BCUT2D eigenvalue weighted by molar-refractivity contribution is 0.0985. The highest BCUT2D eigenvalue weighted by atomic mass is 32.2. The summed E-state index contributed by atoms with van der Waals surface area (Å²) in [5.74, 6) is -0.679. The standard InChI is InChI=1S/C27H21N3O3S2/c1-19-14-16-21(17-15-19)25-26(35(32,33)29-27(31)23-13-8-18-34-23)24(20-9-4-2-5-10-20)28-30(25)22-11-6-3-7-12-22/h2-18H,1H3,(H,29,31). The lowest BCUT2D eigenvalue weighted by Crippen LogP contribution is -2.30. The molecule has 35 heavy (non-hydrogen) atoms. The molecule has 0 unspecified atom stereocenters. The lowest BCUT2D eigenvalue weighted by Gasteiger charge is -2.12. The number of para-hydroxylation sites is 1. The number of carbonyl (C=O) groups is 1. The molecule has 0 saturated carbocycles. The van der Waals surface area contributed by atoms with Gasteiger partial charge in [0.15, 0.2) is 0 Å². The average molecular weight is 500 g/mol. The molecule has 2 heterocycles. The van der Waals surface area contributed by atoms with Gasteiger partial charge in [-0.15, -0.1) is 11.3 Å². The lowest BCUT2D eigenvalue weighted by atomic mass is 10.1. The monoisotopic (exact) mass is 499 g/mol. The molecule has 6 nitrogen and oxygen atoms in total. The molecule has 0 bridgehead atoms. The van der Waals surface area contributed by atoms with Gasteiger partial charge in [-0.2, -0.15) is 5.10 Å². The molecule has 5 aromatic rings. The zero-order valence-electron chi connectivity index (χ0n) is 18.8. The number of carbonyl (C=O) groups excluding carboxylic acids is 1. The highest BCUT2D eigenvalue weighted by Crippen LogP contribution is 2.37.